The molecule has 74 valence electrons. The van der Waals surface area contributed by atoms with Crippen LogP contribution in [0.3, 0.4) is 0 Å². The molecule has 0 saturated heterocycles. The molecular weight excluding hydrogens is 206 g/mol. The summed E-state index contributed by atoms with van der Waals surface area (Å²) in [6.45, 7) is 0. The van der Waals surface area contributed by atoms with Crippen molar-refractivity contribution < 1.29 is 13.2 Å². The summed E-state index contributed by atoms with van der Waals surface area (Å²) in [6.07, 6.45) is 0. The van der Waals surface area contributed by atoms with Crippen molar-refractivity contribution in [1.29, 1.82) is 0 Å². The number of hydrogen-bond acceptors (Lipinski definition) is 3. The lowest BCUT2D eigenvalue weighted by Crippen LogP contribution is -1.95. The van der Waals surface area contributed by atoms with E-state index in [1.807, 2.05) is 0 Å². The Balaban J connectivity index is 3.26. The van der Waals surface area contributed by atoms with Gasteiger partial charge in [-0.2, -0.15) is 0 Å². The predicted octanol–water partition coefficient (Wildman–Crippen LogP) is 1.69. The SMILES string of the molecule is COc1cccc(S(=O)(=O)N=[N+]=[N-])c1. The average Bonchev–Trinajstić information content (AvgIpc) is 2.18. The molecule has 0 spiro atoms. The van der Waals surface area contributed by atoms with Crippen LogP contribution in [0.2, 0.25) is 0 Å². The Labute approximate surface area is 80.8 Å². The smallest absolute Gasteiger partial charge is 0.264 e. The summed E-state index contributed by atoms with van der Waals surface area (Å²) < 4.78 is 30.0. The highest BCUT2D eigenvalue weighted by Gasteiger charge is 2.11. The Bertz CT molecular complexity index is 477. The van der Waals surface area contributed by atoms with Gasteiger partial charge in [0, 0.05) is 9.43 Å². The van der Waals surface area contributed by atoms with E-state index in [2.05, 4.69) is 9.43 Å². The standard InChI is InChI=1S/C7H7N3O3S/c1-13-6-3-2-4-7(5-6)14(11,12)10-9-8/h2-5H,1H3. The maximum Gasteiger partial charge on any atom is 0.264 e. The van der Waals surface area contributed by atoms with Gasteiger partial charge in [-0.3, -0.25) is 0 Å². The second-order valence-electron chi connectivity index (χ2n) is 2.33. The van der Waals surface area contributed by atoms with Gasteiger partial charge in [-0.25, -0.2) is 8.42 Å². The van der Waals surface area contributed by atoms with Crippen LogP contribution >= 0.6 is 0 Å². The summed E-state index contributed by atoms with van der Waals surface area (Å²) in [5.74, 6) is 0.388. The molecule has 7 heteroatoms. The van der Waals surface area contributed by atoms with E-state index in [1.54, 1.807) is 6.07 Å². The molecule has 0 atom stereocenters. The molecule has 14 heavy (non-hydrogen) atoms. The summed E-state index contributed by atoms with van der Waals surface area (Å²) in [6, 6.07) is 5.70. The molecule has 0 N–H and O–H groups in total. The molecule has 0 aromatic heterocycles. The van der Waals surface area contributed by atoms with Crippen molar-refractivity contribution in [3.63, 3.8) is 0 Å². The van der Waals surface area contributed by atoms with Crippen LogP contribution in [0.25, 0.3) is 10.4 Å². The number of ether oxygens (including phenoxy) is 1. The minimum Gasteiger partial charge on any atom is -0.497 e. The molecule has 0 amide bonds. The number of azide groups is 1. The number of rotatable bonds is 3. The van der Waals surface area contributed by atoms with E-state index < -0.39 is 10.0 Å². The molecule has 0 fully saturated rings. The second-order valence-corrected chi connectivity index (χ2v) is 3.91. The Morgan fingerprint density at radius 2 is 2.21 bits per heavy atom. The molecule has 1 aromatic rings. The van der Waals surface area contributed by atoms with Crippen molar-refractivity contribution in [1.82, 2.24) is 0 Å². The van der Waals surface area contributed by atoms with Crippen LogP contribution in [-0.2, 0) is 10.0 Å². The van der Waals surface area contributed by atoms with E-state index in [9.17, 15) is 8.42 Å². The molecule has 6 nitrogen and oxygen atoms in total. The van der Waals surface area contributed by atoms with Crippen LogP contribution in [0, 0.1) is 0 Å². The monoisotopic (exact) mass is 213 g/mol. The van der Waals surface area contributed by atoms with Crippen molar-refractivity contribution in [2.24, 2.45) is 4.52 Å². The largest absolute Gasteiger partial charge is 0.497 e. The van der Waals surface area contributed by atoms with Crippen LogP contribution < -0.4 is 4.74 Å². The maximum absolute atomic E-state index is 11.2. The minimum atomic E-state index is -3.91. The Kier molecular flexibility index (Phi) is 2.95. The van der Waals surface area contributed by atoms with Gasteiger partial charge in [-0.05, 0) is 23.7 Å². The van der Waals surface area contributed by atoms with Crippen molar-refractivity contribution in [3.8, 4) is 5.75 Å². The Hall–Kier alpha value is -1.72. The van der Waals surface area contributed by atoms with Crippen molar-refractivity contribution in [2.75, 3.05) is 7.11 Å². The lowest BCUT2D eigenvalue weighted by molar-refractivity contribution is 0.413. The highest BCUT2D eigenvalue weighted by atomic mass is 32.2. The van der Waals surface area contributed by atoms with Gasteiger partial charge in [0.05, 0.1) is 12.0 Å². The van der Waals surface area contributed by atoms with Gasteiger partial charge in [0.2, 0.25) is 0 Å². The summed E-state index contributed by atoms with van der Waals surface area (Å²) in [5, 5.41) is 0. The molecule has 1 aromatic carbocycles. The molecule has 0 unspecified atom stereocenters. The van der Waals surface area contributed by atoms with Crippen LogP contribution in [0.15, 0.2) is 33.7 Å². The van der Waals surface area contributed by atoms with Crippen molar-refractivity contribution in [2.45, 2.75) is 4.90 Å². The van der Waals surface area contributed by atoms with Crippen molar-refractivity contribution >= 4 is 10.0 Å². The summed E-state index contributed by atoms with van der Waals surface area (Å²) in [7, 11) is -2.50. The van der Waals surface area contributed by atoms with Gasteiger partial charge in [0.1, 0.15) is 5.75 Å². The molecule has 1 rings (SSSR count). The third kappa shape index (κ3) is 2.15. The number of nitrogens with zero attached hydrogens (tertiary/aromatic N) is 3. The second kappa shape index (κ2) is 3.99. The molecule has 0 aliphatic heterocycles. The zero-order valence-corrected chi connectivity index (χ0v) is 8.10. The predicted molar refractivity (Wildman–Crippen MR) is 49.3 cm³/mol. The Morgan fingerprint density at radius 1 is 1.50 bits per heavy atom. The van der Waals surface area contributed by atoms with E-state index in [1.165, 1.54) is 25.3 Å². The van der Waals surface area contributed by atoms with Gasteiger partial charge in [-0.1, -0.05) is 6.07 Å². The summed E-state index contributed by atoms with van der Waals surface area (Å²) in [4.78, 5) is 2.15. The van der Waals surface area contributed by atoms with Crippen LogP contribution in [-0.4, -0.2) is 15.5 Å². The topological polar surface area (TPSA) is 92.1 Å². The van der Waals surface area contributed by atoms with E-state index >= 15 is 0 Å². The fourth-order valence-corrected chi connectivity index (χ4v) is 1.56. The van der Waals surface area contributed by atoms with Crippen molar-refractivity contribution in [3.05, 3.63) is 34.7 Å². The number of hydrogen-bond donors (Lipinski definition) is 0. The zero-order chi connectivity index (χ0) is 10.6. The molecule has 0 bridgehead atoms. The molecule has 0 saturated carbocycles. The fraction of sp³-hybridized carbons (Fsp3) is 0.143. The van der Waals surface area contributed by atoms with Gasteiger partial charge >= 0.3 is 0 Å². The van der Waals surface area contributed by atoms with E-state index in [0.29, 0.717) is 5.75 Å². The Morgan fingerprint density at radius 3 is 2.79 bits per heavy atom. The quantitative estimate of drug-likeness (QED) is 0.434. The number of benzene rings is 1. The third-order valence-electron chi connectivity index (χ3n) is 1.48. The van der Waals surface area contributed by atoms with Crippen LogP contribution in [0.4, 0.5) is 0 Å². The van der Waals surface area contributed by atoms with Gasteiger partial charge in [-0.15, -0.1) is 0 Å². The lowest BCUT2D eigenvalue weighted by atomic mass is 10.3. The highest BCUT2D eigenvalue weighted by molar-refractivity contribution is 7.90. The molecular formula is C7H7N3O3S. The molecule has 0 radical (unpaired) electrons. The first-order chi connectivity index (χ1) is 6.60. The summed E-state index contributed by atoms with van der Waals surface area (Å²) in [5.41, 5.74) is 8.04. The normalized spacial score (nSPS) is 10.4. The number of sulfonamides is 1. The molecule has 0 heterocycles. The fourth-order valence-electron chi connectivity index (χ4n) is 0.857. The van der Waals surface area contributed by atoms with E-state index in [4.69, 9.17) is 10.3 Å². The molecule has 0 aliphatic carbocycles. The molecule has 0 aliphatic rings. The van der Waals surface area contributed by atoms with E-state index in [0.717, 1.165) is 0 Å². The van der Waals surface area contributed by atoms with Gasteiger partial charge in [0.15, 0.2) is 0 Å². The highest BCUT2D eigenvalue weighted by Crippen LogP contribution is 2.18. The first-order valence-corrected chi connectivity index (χ1v) is 4.99. The average molecular weight is 213 g/mol. The van der Waals surface area contributed by atoms with Crippen LogP contribution in [0.1, 0.15) is 0 Å². The van der Waals surface area contributed by atoms with Gasteiger partial charge in [0.25, 0.3) is 10.0 Å². The first-order valence-electron chi connectivity index (χ1n) is 3.55. The summed E-state index contributed by atoms with van der Waals surface area (Å²) >= 11 is 0. The zero-order valence-electron chi connectivity index (χ0n) is 7.28. The van der Waals surface area contributed by atoms with E-state index in [-0.39, 0.29) is 4.90 Å². The van der Waals surface area contributed by atoms with Gasteiger partial charge < -0.3 is 4.74 Å². The lowest BCUT2D eigenvalue weighted by Gasteiger charge is -2.00. The minimum absolute atomic E-state index is 0.0883. The maximum atomic E-state index is 11.2. The first kappa shape index (κ1) is 10.4. The van der Waals surface area contributed by atoms with Crippen LogP contribution in [0.5, 0.6) is 5.75 Å². The third-order valence-corrected chi connectivity index (χ3v) is 2.62. The number of methoxy groups -OCH3 is 1.